The summed E-state index contributed by atoms with van der Waals surface area (Å²) in [6.07, 6.45) is 0. The number of amides is 1. The molecule has 1 heterocycles. The molecule has 3 N–H and O–H groups in total. The first-order valence-electron chi connectivity index (χ1n) is 4.28. The number of nitrogens with one attached hydrogen (secondary N) is 1. The van der Waals surface area contributed by atoms with Crippen LogP contribution in [0.2, 0.25) is 0 Å². The van der Waals surface area contributed by atoms with Gasteiger partial charge in [0.15, 0.2) is 0 Å². The monoisotopic (exact) mass is 268 g/mol. The number of benzene rings is 1. The maximum atomic E-state index is 11.0. The number of ether oxygens (including phenoxy) is 1. The minimum Gasteiger partial charge on any atom is -0.495 e. The van der Waals surface area contributed by atoms with Gasteiger partial charge in [0.25, 0.3) is 5.91 Å². The second-order valence-electron chi connectivity index (χ2n) is 3.12. The molecule has 0 saturated heterocycles. The van der Waals surface area contributed by atoms with Gasteiger partial charge in [-0.1, -0.05) is 0 Å². The predicted molar refractivity (Wildman–Crippen MR) is 61.1 cm³/mol. The van der Waals surface area contributed by atoms with E-state index in [0.29, 0.717) is 11.4 Å². The molecule has 1 amide bonds. The van der Waals surface area contributed by atoms with Crippen LogP contribution in [0.1, 0.15) is 10.5 Å². The molecule has 0 saturated carbocycles. The van der Waals surface area contributed by atoms with E-state index >= 15 is 0 Å². The number of aromatic nitrogens is 1. The van der Waals surface area contributed by atoms with E-state index in [1.54, 1.807) is 13.2 Å². The topological polar surface area (TPSA) is 68.1 Å². The number of halogens is 1. The third-order valence-corrected chi connectivity index (χ3v) is 2.78. The van der Waals surface area contributed by atoms with Crippen molar-refractivity contribution in [1.82, 2.24) is 4.98 Å². The quantitative estimate of drug-likeness (QED) is 0.875. The second kappa shape index (κ2) is 3.58. The van der Waals surface area contributed by atoms with E-state index in [-0.39, 0.29) is 0 Å². The van der Waals surface area contributed by atoms with Crippen molar-refractivity contribution in [3.63, 3.8) is 0 Å². The number of fused-ring (bicyclic) bond motifs is 1. The fourth-order valence-corrected chi connectivity index (χ4v) is 1.95. The van der Waals surface area contributed by atoms with Crippen LogP contribution in [0.4, 0.5) is 0 Å². The summed E-state index contributed by atoms with van der Waals surface area (Å²) in [5.41, 5.74) is 6.39. The Kier molecular flexibility index (Phi) is 2.40. The van der Waals surface area contributed by atoms with Crippen LogP contribution in [0.3, 0.4) is 0 Å². The van der Waals surface area contributed by atoms with Crippen molar-refractivity contribution in [2.75, 3.05) is 7.11 Å². The summed E-state index contributed by atoms with van der Waals surface area (Å²) in [6.45, 7) is 0. The van der Waals surface area contributed by atoms with E-state index < -0.39 is 5.91 Å². The van der Waals surface area contributed by atoms with Gasteiger partial charge >= 0.3 is 0 Å². The minimum atomic E-state index is -0.471. The average molecular weight is 269 g/mol. The number of aromatic amines is 1. The lowest BCUT2D eigenvalue weighted by atomic mass is 10.2. The Balaban J connectivity index is 2.66. The highest BCUT2D eigenvalue weighted by Crippen LogP contribution is 2.30. The molecule has 1 aromatic carbocycles. The predicted octanol–water partition coefficient (Wildman–Crippen LogP) is 2.04. The Morgan fingerprint density at radius 2 is 2.20 bits per heavy atom. The molecule has 0 unspecified atom stereocenters. The molecule has 1 aromatic heterocycles. The van der Waals surface area contributed by atoms with Gasteiger partial charge in [0.05, 0.1) is 11.6 Å². The molecule has 4 nitrogen and oxygen atoms in total. The highest BCUT2D eigenvalue weighted by molar-refractivity contribution is 9.10. The van der Waals surface area contributed by atoms with E-state index in [4.69, 9.17) is 10.5 Å². The number of hydrogen-bond donors (Lipinski definition) is 2. The summed E-state index contributed by atoms with van der Waals surface area (Å²) in [5, 5.41) is 0.913. The largest absolute Gasteiger partial charge is 0.495 e. The molecular weight excluding hydrogens is 260 g/mol. The van der Waals surface area contributed by atoms with Gasteiger partial charge in [0.2, 0.25) is 0 Å². The van der Waals surface area contributed by atoms with Gasteiger partial charge < -0.3 is 15.5 Å². The van der Waals surface area contributed by atoms with Gasteiger partial charge in [-0.15, -0.1) is 0 Å². The zero-order chi connectivity index (χ0) is 11.0. The van der Waals surface area contributed by atoms with Gasteiger partial charge in [0, 0.05) is 17.0 Å². The zero-order valence-corrected chi connectivity index (χ0v) is 9.59. The van der Waals surface area contributed by atoms with E-state index in [0.717, 1.165) is 15.4 Å². The lowest BCUT2D eigenvalue weighted by molar-refractivity contribution is 0.0996. The molecule has 0 aliphatic carbocycles. The molecule has 2 rings (SSSR count). The fraction of sp³-hybridized carbons (Fsp3) is 0.100. The number of carbonyl (C=O) groups excluding carboxylic acids is 1. The van der Waals surface area contributed by atoms with Crippen LogP contribution in [0.5, 0.6) is 5.75 Å². The Morgan fingerprint density at radius 1 is 1.47 bits per heavy atom. The van der Waals surface area contributed by atoms with Crippen molar-refractivity contribution < 1.29 is 9.53 Å². The van der Waals surface area contributed by atoms with Gasteiger partial charge in [-0.3, -0.25) is 4.79 Å². The maximum absolute atomic E-state index is 11.0. The number of H-pyrrole nitrogens is 1. The number of nitrogens with two attached hydrogens (primary N) is 1. The van der Waals surface area contributed by atoms with E-state index in [1.165, 1.54) is 0 Å². The molecule has 0 bridgehead atoms. The van der Waals surface area contributed by atoms with Gasteiger partial charge in [-0.25, -0.2) is 0 Å². The van der Waals surface area contributed by atoms with Gasteiger partial charge in [-0.05, 0) is 28.1 Å². The molecule has 0 spiro atoms. The van der Waals surface area contributed by atoms with Crippen LogP contribution in [-0.2, 0) is 0 Å². The van der Waals surface area contributed by atoms with Crippen LogP contribution >= 0.6 is 15.9 Å². The Morgan fingerprint density at radius 3 is 2.80 bits per heavy atom. The SMILES string of the molecule is COc1cc2[nH]c(C(N)=O)cc2cc1Br. The first kappa shape index (κ1) is 10.0. The summed E-state index contributed by atoms with van der Waals surface area (Å²) in [6, 6.07) is 5.39. The normalized spacial score (nSPS) is 10.5. The fourth-order valence-electron chi connectivity index (χ4n) is 1.42. The molecule has 78 valence electrons. The van der Waals surface area contributed by atoms with Crippen LogP contribution < -0.4 is 10.5 Å². The number of primary amides is 1. The maximum Gasteiger partial charge on any atom is 0.265 e. The Hall–Kier alpha value is -1.49. The van der Waals surface area contributed by atoms with Crippen molar-refractivity contribution in [2.45, 2.75) is 0 Å². The number of rotatable bonds is 2. The average Bonchev–Trinajstić information content (AvgIpc) is 2.59. The van der Waals surface area contributed by atoms with E-state index in [9.17, 15) is 4.79 Å². The molecule has 5 heteroatoms. The molecule has 0 fully saturated rings. The first-order chi connectivity index (χ1) is 7.11. The molecule has 0 atom stereocenters. The lowest BCUT2D eigenvalue weighted by Gasteiger charge is -2.02. The molecule has 0 aliphatic rings. The van der Waals surface area contributed by atoms with Crippen molar-refractivity contribution in [3.05, 3.63) is 28.4 Å². The summed E-state index contributed by atoms with van der Waals surface area (Å²) < 4.78 is 5.98. The van der Waals surface area contributed by atoms with Gasteiger partial charge in [0.1, 0.15) is 11.4 Å². The van der Waals surface area contributed by atoms with E-state index in [2.05, 4.69) is 20.9 Å². The van der Waals surface area contributed by atoms with Crippen LogP contribution in [0.25, 0.3) is 10.9 Å². The smallest absolute Gasteiger partial charge is 0.265 e. The molecule has 2 aromatic rings. The second-order valence-corrected chi connectivity index (χ2v) is 3.98. The van der Waals surface area contributed by atoms with Crippen LogP contribution in [-0.4, -0.2) is 18.0 Å². The van der Waals surface area contributed by atoms with Crippen molar-refractivity contribution in [2.24, 2.45) is 5.73 Å². The van der Waals surface area contributed by atoms with Crippen molar-refractivity contribution in [3.8, 4) is 5.75 Å². The first-order valence-corrected chi connectivity index (χ1v) is 5.07. The Labute approximate surface area is 94.5 Å². The van der Waals surface area contributed by atoms with Crippen molar-refractivity contribution >= 4 is 32.7 Å². The highest BCUT2D eigenvalue weighted by Gasteiger charge is 2.08. The zero-order valence-electron chi connectivity index (χ0n) is 8.00. The van der Waals surface area contributed by atoms with Gasteiger partial charge in [-0.2, -0.15) is 0 Å². The molecule has 0 radical (unpaired) electrons. The van der Waals surface area contributed by atoms with E-state index in [1.807, 2.05) is 12.1 Å². The molecule has 15 heavy (non-hydrogen) atoms. The minimum absolute atomic E-state index is 0.394. The number of carbonyl (C=O) groups is 1. The highest BCUT2D eigenvalue weighted by atomic mass is 79.9. The summed E-state index contributed by atoms with van der Waals surface area (Å²) in [7, 11) is 1.59. The number of methoxy groups -OCH3 is 1. The third kappa shape index (κ3) is 1.70. The Bertz CT molecular complexity index is 533. The molecule has 0 aliphatic heterocycles. The van der Waals surface area contributed by atoms with Crippen LogP contribution in [0.15, 0.2) is 22.7 Å². The van der Waals surface area contributed by atoms with Crippen LogP contribution in [0, 0.1) is 0 Å². The summed E-state index contributed by atoms with van der Waals surface area (Å²) >= 11 is 3.37. The summed E-state index contributed by atoms with van der Waals surface area (Å²) in [5.74, 6) is 0.238. The number of hydrogen-bond acceptors (Lipinski definition) is 2. The van der Waals surface area contributed by atoms with Crippen molar-refractivity contribution in [1.29, 1.82) is 0 Å². The standard InChI is InChI=1S/C10H9BrN2O2/c1-15-9-4-7-5(2-6(9)11)3-8(13-7)10(12)14/h2-4,13H,1H3,(H2,12,14). The molecular formula is C10H9BrN2O2. The third-order valence-electron chi connectivity index (χ3n) is 2.16. The summed E-state index contributed by atoms with van der Waals surface area (Å²) in [4.78, 5) is 13.9. The lowest BCUT2D eigenvalue weighted by Crippen LogP contribution is -2.10.